The van der Waals surface area contributed by atoms with Crippen molar-refractivity contribution < 1.29 is 4.79 Å². The molecule has 1 aliphatic carbocycles. The molecule has 0 radical (unpaired) electrons. The summed E-state index contributed by atoms with van der Waals surface area (Å²) in [5, 5.41) is 6.19. The lowest BCUT2D eigenvalue weighted by Crippen LogP contribution is -2.34. The number of anilines is 1. The van der Waals surface area contributed by atoms with Gasteiger partial charge >= 0.3 is 0 Å². The summed E-state index contributed by atoms with van der Waals surface area (Å²) in [6.07, 6.45) is 5.43. The third kappa shape index (κ3) is 2.32. The molecule has 16 heavy (non-hydrogen) atoms. The number of rotatable bonds is 4. The zero-order chi connectivity index (χ0) is 11.6. The Morgan fingerprint density at radius 2 is 2.31 bits per heavy atom. The van der Waals surface area contributed by atoms with E-state index in [4.69, 9.17) is 0 Å². The summed E-state index contributed by atoms with van der Waals surface area (Å²) >= 11 is 0. The molecular formula is C12H17N3O. The minimum Gasteiger partial charge on any atom is -0.385 e. The number of hydrogen-bond donors (Lipinski definition) is 2. The number of carbonyl (C=O) groups is 1. The predicted molar refractivity (Wildman–Crippen MR) is 63.5 cm³/mol. The van der Waals surface area contributed by atoms with Gasteiger partial charge in [0.05, 0.1) is 11.3 Å². The average molecular weight is 219 g/mol. The van der Waals surface area contributed by atoms with Gasteiger partial charge in [0.2, 0.25) is 0 Å². The SMILES string of the molecule is CCNc1ccncc1C(=O)NC1(C)CC1. The van der Waals surface area contributed by atoms with Crippen LogP contribution in [0.15, 0.2) is 18.5 Å². The summed E-state index contributed by atoms with van der Waals surface area (Å²) in [4.78, 5) is 16.0. The summed E-state index contributed by atoms with van der Waals surface area (Å²) in [5.74, 6) is -0.0379. The predicted octanol–water partition coefficient (Wildman–Crippen LogP) is 1.80. The number of pyridine rings is 1. The molecule has 4 nitrogen and oxygen atoms in total. The molecule has 1 heterocycles. The van der Waals surface area contributed by atoms with Crippen molar-refractivity contribution in [1.82, 2.24) is 10.3 Å². The zero-order valence-corrected chi connectivity index (χ0v) is 9.71. The molecule has 0 aliphatic heterocycles. The number of carbonyl (C=O) groups excluding carboxylic acids is 1. The molecule has 0 spiro atoms. The van der Waals surface area contributed by atoms with Crippen molar-refractivity contribution in [3.63, 3.8) is 0 Å². The fourth-order valence-corrected chi connectivity index (χ4v) is 1.57. The minimum absolute atomic E-state index is 0.0103. The molecule has 0 atom stereocenters. The monoisotopic (exact) mass is 219 g/mol. The smallest absolute Gasteiger partial charge is 0.255 e. The zero-order valence-electron chi connectivity index (χ0n) is 9.71. The molecule has 0 saturated heterocycles. The van der Waals surface area contributed by atoms with Gasteiger partial charge in [-0.2, -0.15) is 0 Å². The van der Waals surface area contributed by atoms with Crippen LogP contribution in [-0.2, 0) is 0 Å². The van der Waals surface area contributed by atoms with E-state index >= 15 is 0 Å². The highest BCUT2D eigenvalue weighted by molar-refractivity contribution is 5.99. The normalized spacial score (nSPS) is 16.6. The summed E-state index contributed by atoms with van der Waals surface area (Å²) in [6, 6.07) is 1.83. The van der Waals surface area contributed by atoms with E-state index in [1.165, 1.54) is 0 Å². The molecule has 1 amide bonds. The molecule has 1 saturated carbocycles. The van der Waals surface area contributed by atoms with Crippen molar-refractivity contribution in [2.45, 2.75) is 32.2 Å². The molecule has 0 bridgehead atoms. The van der Waals surface area contributed by atoms with Gasteiger partial charge in [0.25, 0.3) is 5.91 Å². The first-order chi connectivity index (χ1) is 7.64. The molecule has 1 fully saturated rings. The Kier molecular flexibility index (Phi) is 2.81. The first-order valence-electron chi connectivity index (χ1n) is 5.65. The van der Waals surface area contributed by atoms with Gasteiger partial charge in [-0.15, -0.1) is 0 Å². The second-order valence-corrected chi connectivity index (χ2v) is 4.47. The van der Waals surface area contributed by atoms with Crippen LogP contribution >= 0.6 is 0 Å². The Balaban J connectivity index is 2.15. The van der Waals surface area contributed by atoms with Crippen LogP contribution in [0.1, 0.15) is 37.0 Å². The van der Waals surface area contributed by atoms with E-state index in [9.17, 15) is 4.79 Å². The van der Waals surface area contributed by atoms with Gasteiger partial charge in [0.1, 0.15) is 0 Å². The third-order valence-electron chi connectivity index (χ3n) is 2.85. The Hall–Kier alpha value is -1.58. The maximum absolute atomic E-state index is 12.0. The van der Waals surface area contributed by atoms with Crippen molar-refractivity contribution in [1.29, 1.82) is 0 Å². The van der Waals surface area contributed by atoms with E-state index in [1.54, 1.807) is 12.4 Å². The van der Waals surface area contributed by atoms with Crippen LogP contribution in [-0.4, -0.2) is 23.0 Å². The highest BCUT2D eigenvalue weighted by Gasteiger charge is 2.39. The van der Waals surface area contributed by atoms with Gasteiger partial charge in [-0.1, -0.05) is 0 Å². The van der Waals surface area contributed by atoms with Gasteiger partial charge in [-0.3, -0.25) is 9.78 Å². The van der Waals surface area contributed by atoms with Crippen LogP contribution in [0.5, 0.6) is 0 Å². The molecule has 1 aromatic heterocycles. The minimum atomic E-state index is -0.0379. The van der Waals surface area contributed by atoms with E-state index in [1.807, 2.05) is 13.0 Å². The standard InChI is InChI=1S/C12H17N3O/c1-3-14-10-4-7-13-8-9(10)11(16)15-12(2)5-6-12/h4,7-8H,3,5-6H2,1-2H3,(H,13,14)(H,15,16). The van der Waals surface area contributed by atoms with Gasteiger partial charge < -0.3 is 10.6 Å². The second-order valence-electron chi connectivity index (χ2n) is 4.47. The Labute approximate surface area is 95.5 Å². The van der Waals surface area contributed by atoms with Crippen LogP contribution in [0, 0.1) is 0 Å². The van der Waals surface area contributed by atoms with Crippen molar-refractivity contribution in [2.75, 3.05) is 11.9 Å². The van der Waals surface area contributed by atoms with Crippen LogP contribution in [0.25, 0.3) is 0 Å². The molecule has 86 valence electrons. The Morgan fingerprint density at radius 3 is 2.94 bits per heavy atom. The van der Waals surface area contributed by atoms with Crippen LogP contribution in [0.3, 0.4) is 0 Å². The maximum Gasteiger partial charge on any atom is 0.255 e. The molecule has 1 aromatic rings. The van der Waals surface area contributed by atoms with Crippen molar-refractivity contribution in [3.05, 3.63) is 24.0 Å². The van der Waals surface area contributed by atoms with E-state index in [2.05, 4.69) is 22.5 Å². The molecular weight excluding hydrogens is 202 g/mol. The Morgan fingerprint density at radius 1 is 1.56 bits per heavy atom. The quantitative estimate of drug-likeness (QED) is 0.811. The van der Waals surface area contributed by atoms with E-state index < -0.39 is 0 Å². The number of nitrogens with zero attached hydrogens (tertiary/aromatic N) is 1. The Bertz CT molecular complexity index is 399. The van der Waals surface area contributed by atoms with Gasteiger partial charge in [-0.05, 0) is 32.8 Å². The fourth-order valence-electron chi connectivity index (χ4n) is 1.57. The van der Waals surface area contributed by atoms with Crippen molar-refractivity contribution in [2.24, 2.45) is 0 Å². The topological polar surface area (TPSA) is 54.0 Å². The van der Waals surface area contributed by atoms with Crippen molar-refractivity contribution >= 4 is 11.6 Å². The third-order valence-corrected chi connectivity index (χ3v) is 2.85. The van der Waals surface area contributed by atoms with Crippen LogP contribution in [0.2, 0.25) is 0 Å². The first-order valence-corrected chi connectivity index (χ1v) is 5.65. The fraction of sp³-hybridized carbons (Fsp3) is 0.500. The van der Waals surface area contributed by atoms with Crippen molar-refractivity contribution in [3.8, 4) is 0 Å². The first kappa shape index (κ1) is 10.9. The van der Waals surface area contributed by atoms with Gasteiger partial charge in [0.15, 0.2) is 0 Å². The molecule has 1 aliphatic rings. The maximum atomic E-state index is 12.0. The molecule has 2 N–H and O–H groups in total. The molecule has 2 rings (SSSR count). The summed E-state index contributed by atoms with van der Waals surface area (Å²) in [6.45, 7) is 4.86. The largest absolute Gasteiger partial charge is 0.385 e. The van der Waals surface area contributed by atoms with E-state index in [0.29, 0.717) is 5.56 Å². The molecule has 0 aromatic carbocycles. The summed E-state index contributed by atoms with van der Waals surface area (Å²) < 4.78 is 0. The lowest BCUT2D eigenvalue weighted by Gasteiger charge is -2.14. The highest BCUT2D eigenvalue weighted by atomic mass is 16.1. The number of hydrogen-bond acceptors (Lipinski definition) is 3. The van der Waals surface area contributed by atoms with Crippen LogP contribution in [0.4, 0.5) is 5.69 Å². The summed E-state index contributed by atoms with van der Waals surface area (Å²) in [5.41, 5.74) is 1.48. The number of aromatic nitrogens is 1. The van der Waals surface area contributed by atoms with E-state index in [-0.39, 0.29) is 11.4 Å². The lowest BCUT2D eigenvalue weighted by molar-refractivity contribution is 0.0936. The average Bonchev–Trinajstić information content (AvgIpc) is 2.97. The number of nitrogens with one attached hydrogen (secondary N) is 2. The van der Waals surface area contributed by atoms with E-state index in [0.717, 1.165) is 25.1 Å². The molecule has 0 unspecified atom stereocenters. The van der Waals surface area contributed by atoms with Gasteiger partial charge in [-0.25, -0.2) is 0 Å². The lowest BCUT2D eigenvalue weighted by atomic mass is 10.2. The summed E-state index contributed by atoms with van der Waals surface area (Å²) in [7, 11) is 0. The van der Waals surface area contributed by atoms with Crippen LogP contribution < -0.4 is 10.6 Å². The second kappa shape index (κ2) is 4.12. The van der Waals surface area contributed by atoms with Gasteiger partial charge in [0, 0.05) is 24.5 Å². The molecule has 4 heteroatoms. The number of amides is 1. The highest BCUT2D eigenvalue weighted by Crippen LogP contribution is 2.34.